The molecule has 0 spiro atoms. The number of phosphoric ester groups is 1. The van der Waals surface area contributed by atoms with E-state index in [1.807, 2.05) is 0 Å². The fraction of sp³-hybridized carbons (Fsp3) is 0.556. The Kier molecular flexibility index (Phi) is 7.41. The molecule has 2 heterocycles. The van der Waals surface area contributed by atoms with Crippen molar-refractivity contribution in [3.63, 3.8) is 0 Å². The first-order valence-electron chi connectivity index (χ1n) is 7.15. The first-order chi connectivity index (χ1) is 12.7. The van der Waals surface area contributed by atoms with Gasteiger partial charge in [0.15, 0.2) is 0 Å². The summed E-state index contributed by atoms with van der Waals surface area (Å²) in [5, 5.41) is 0. The summed E-state index contributed by atoms with van der Waals surface area (Å²) >= 11 is 3.12. The molecule has 0 bridgehead atoms. The molecule has 1 saturated heterocycles. The highest BCUT2D eigenvalue weighted by Crippen LogP contribution is 2.66. The highest BCUT2D eigenvalue weighted by molar-refractivity contribution is 9.10. The zero-order valence-electron chi connectivity index (χ0n) is 13.6. The van der Waals surface area contributed by atoms with Crippen LogP contribution in [-0.4, -0.2) is 41.8 Å². The molecule has 1 aliphatic heterocycles. The van der Waals surface area contributed by atoms with Gasteiger partial charge in [0.05, 0.1) is 17.2 Å². The minimum Gasteiger partial charge on any atom is -0.383 e. The van der Waals surface area contributed by atoms with Gasteiger partial charge in [-0.2, -0.15) is 13.6 Å². The lowest BCUT2D eigenvalue weighted by Crippen LogP contribution is -2.28. The van der Waals surface area contributed by atoms with E-state index in [0.29, 0.717) is 10.9 Å². The Morgan fingerprint density at radius 1 is 1.21 bits per heavy atom. The minimum atomic E-state index is -5.59. The summed E-state index contributed by atoms with van der Waals surface area (Å²) in [4.78, 5) is 50.8. The zero-order valence-corrected chi connectivity index (χ0v) is 17.9. The third-order valence-corrected chi connectivity index (χ3v) is 7.58. The third kappa shape index (κ3) is 7.10. The van der Waals surface area contributed by atoms with E-state index in [1.54, 1.807) is 0 Å². The van der Waals surface area contributed by atoms with Crippen molar-refractivity contribution in [2.24, 2.45) is 0 Å². The van der Waals surface area contributed by atoms with E-state index in [2.05, 4.69) is 34.1 Å². The zero-order chi connectivity index (χ0) is 21.3. The normalized spacial score (nSPS) is 24.6. The lowest BCUT2D eigenvalue weighted by molar-refractivity contribution is -0.0243. The van der Waals surface area contributed by atoms with Crippen LogP contribution in [-0.2, 0) is 31.6 Å². The maximum absolute atomic E-state index is 11.9. The lowest BCUT2D eigenvalue weighted by Gasteiger charge is -2.19. The van der Waals surface area contributed by atoms with Gasteiger partial charge >= 0.3 is 29.2 Å². The maximum Gasteiger partial charge on any atom is 0.490 e. The van der Waals surface area contributed by atoms with Crippen LogP contribution in [0.25, 0.3) is 0 Å². The van der Waals surface area contributed by atoms with Crippen LogP contribution in [0, 0.1) is 0 Å². The molecule has 3 unspecified atom stereocenters. The lowest BCUT2D eigenvalue weighted by atomic mass is 10.2. The monoisotopic (exact) mass is 529 g/mol. The van der Waals surface area contributed by atoms with Gasteiger partial charge < -0.3 is 30.0 Å². The largest absolute Gasteiger partial charge is 0.490 e. The summed E-state index contributed by atoms with van der Waals surface area (Å²) < 4.78 is 52.1. The molecular weight excluding hydrogens is 515 g/mol. The molecule has 4 atom stereocenters. The highest BCUT2D eigenvalue weighted by atomic mass is 79.9. The summed E-state index contributed by atoms with van der Waals surface area (Å²) in [5.41, 5.74) is 4.81. The molecule has 1 fully saturated rings. The molecule has 1 aromatic rings. The average molecular weight is 530 g/mol. The number of aromatic nitrogens is 2. The van der Waals surface area contributed by atoms with E-state index in [9.17, 15) is 23.4 Å². The van der Waals surface area contributed by atoms with Crippen LogP contribution in [0.3, 0.4) is 0 Å². The van der Waals surface area contributed by atoms with E-state index in [1.165, 1.54) is 6.20 Å². The highest BCUT2D eigenvalue weighted by Gasteiger charge is 2.41. The number of hydrogen-bond donors (Lipinski definition) is 5. The summed E-state index contributed by atoms with van der Waals surface area (Å²) in [6.07, 6.45) is 0.363. The Labute approximate surface area is 165 Å². The maximum atomic E-state index is 11.9. The Morgan fingerprint density at radius 2 is 1.86 bits per heavy atom. The van der Waals surface area contributed by atoms with Gasteiger partial charge in [0.2, 0.25) is 0 Å². The number of phosphoric acid groups is 3. The molecule has 6 N–H and O–H groups in total. The summed E-state index contributed by atoms with van der Waals surface area (Å²) in [7, 11) is -16.3. The first-order valence-corrected chi connectivity index (χ1v) is 12.5. The van der Waals surface area contributed by atoms with E-state index >= 15 is 0 Å². The van der Waals surface area contributed by atoms with E-state index in [-0.39, 0.29) is 12.2 Å². The number of hydrogen-bond acceptors (Lipinski definition) is 10. The van der Waals surface area contributed by atoms with E-state index in [4.69, 9.17) is 25.2 Å². The predicted octanol–water partition coefficient (Wildman–Crippen LogP) is 0.609. The summed E-state index contributed by atoms with van der Waals surface area (Å²) in [6.45, 7) is -0.599. The molecule has 0 aromatic carbocycles. The quantitative estimate of drug-likeness (QED) is 0.290. The fourth-order valence-electron chi connectivity index (χ4n) is 2.16. The molecule has 19 heteroatoms. The summed E-state index contributed by atoms with van der Waals surface area (Å²) in [6, 6.07) is 0. The van der Waals surface area contributed by atoms with Crippen molar-refractivity contribution in [1.29, 1.82) is 0 Å². The molecule has 0 saturated carbocycles. The molecule has 1 aliphatic rings. The number of rotatable bonds is 8. The predicted molar refractivity (Wildman–Crippen MR) is 93.6 cm³/mol. The van der Waals surface area contributed by atoms with Gasteiger partial charge in [-0.05, 0) is 28.8 Å². The van der Waals surface area contributed by atoms with Crippen molar-refractivity contribution >= 4 is 45.2 Å². The van der Waals surface area contributed by atoms with Crippen molar-refractivity contribution in [2.45, 2.75) is 25.2 Å². The average Bonchev–Trinajstić information content (AvgIpc) is 2.94. The molecule has 0 radical (unpaired) electrons. The van der Waals surface area contributed by atoms with Gasteiger partial charge in [-0.1, -0.05) is 0 Å². The van der Waals surface area contributed by atoms with Gasteiger partial charge in [-0.25, -0.2) is 18.5 Å². The number of ether oxygens (including phenoxy) is 1. The standard InChI is InChI=1S/C9H15BrN3O12P3/c10-6-3-13(9(14)12-8(6)11)7-2-1-5(23-7)4-22-27(18,19)25-28(20,21)24-26(15,16)17/h3,5,7H,1-2,4H2,(H,18,19)(H,20,21)(H2,11,12,14)(H2,15,16,17)/t5?,7-/m1/s1. The van der Waals surface area contributed by atoms with Gasteiger partial charge in [0.1, 0.15) is 12.0 Å². The number of nitrogens with zero attached hydrogens (tertiary/aromatic N) is 2. The molecule has 160 valence electrons. The van der Waals surface area contributed by atoms with Gasteiger partial charge in [-0.3, -0.25) is 9.09 Å². The number of nitrogens with two attached hydrogens (primary N) is 1. The Bertz CT molecular complexity index is 933. The van der Waals surface area contributed by atoms with Crippen molar-refractivity contribution in [2.75, 3.05) is 12.3 Å². The Balaban J connectivity index is 1.95. The third-order valence-electron chi connectivity index (χ3n) is 3.17. The molecule has 0 aliphatic carbocycles. The second-order valence-electron chi connectivity index (χ2n) is 5.34. The topological polar surface area (TPSA) is 230 Å². The van der Waals surface area contributed by atoms with Gasteiger partial charge in [0, 0.05) is 6.20 Å². The molecule has 15 nitrogen and oxygen atoms in total. The number of halogens is 1. The van der Waals surface area contributed by atoms with Crippen LogP contribution in [0.1, 0.15) is 19.1 Å². The van der Waals surface area contributed by atoms with E-state index < -0.39 is 48.1 Å². The second kappa shape index (κ2) is 8.72. The summed E-state index contributed by atoms with van der Waals surface area (Å²) in [5.74, 6) is -0.0107. The Hall–Kier alpha value is -0.470. The van der Waals surface area contributed by atoms with E-state index in [0.717, 1.165) is 4.57 Å². The van der Waals surface area contributed by atoms with Crippen LogP contribution >= 0.6 is 39.4 Å². The van der Waals surface area contributed by atoms with Crippen molar-refractivity contribution in [3.8, 4) is 0 Å². The van der Waals surface area contributed by atoms with Crippen LogP contribution in [0.2, 0.25) is 0 Å². The van der Waals surface area contributed by atoms with Crippen LogP contribution in [0.4, 0.5) is 5.82 Å². The van der Waals surface area contributed by atoms with Crippen LogP contribution in [0.5, 0.6) is 0 Å². The van der Waals surface area contributed by atoms with Crippen molar-refractivity contribution in [3.05, 3.63) is 21.2 Å². The SMILES string of the molecule is Nc1nc(=O)n([C@H]2CCC(COP(=O)(O)OP(=O)(O)OP(=O)(O)O)O2)cc1Br. The number of anilines is 1. The molecule has 28 heavy (non-hydrogen) atoms. The molecule has 2 rings (SSSR count). The molecule has 1 aromatic heterocycles. The molecular formula is C9H15BrN3O12P3. The second-order valence-corrected chi connectivity index (χ2v) is 10.6. The van der Waals surface area contributed by atoms with Crippen LogP contribution in [0.15, 0.2) is 15.5 Å². The smallest absolute Gasteiger partial charge is 0.383 e. The molecule has 0 amide bonds. The minimum absolute atomic E-state index is 0.0107. The van der Waals surface area contributed by atoms with Crippen molar-refractivity contribution < 1.29 is 51.2 Å². The van der Waals surface area contributed by atoms with Gasteiger partial charge in [0.25, 0.3) is 0 Å². The Morgan fingerprint density at radius 3 is 2.46 bits per heavy atom. The van der Waals surface area contributed by atoms with Crippen LogP contribution < -0.4 is 11.4 Å². The first kappa shape index (κ1) is 23.8. The van der Waals surface area contributed by atoms with Gasteiger partial charge in [-0.15, -0.1) is 0 Å². The number of nitrogen functional groups attached to an aromatic ring is 1. The van der Waals surface area contributed by atoms with Crippen molar-refractivity contribution in [1.82, 2.24) is 9.55 Å². The fourth-order valence-corrected chi connectivity index (χ4v) is 5.52.